The van der Waals surface area contributed by atoms with Crippen molar-refractivity contribution < 1.29 is 5.11 Å². The van der Waals surface area contributed by atoms with Crippen molar-refractivity contribution >= 4 is 0 Å². The molecule has 0 aromatic heterocycles. The highest BCUT2D eigenvalue weighted by Gasteiger charge is 2.40. The molecule has 0 aromatic carbocycles. The molecule has 3 rings (SSSR count). The number of nitrogens with zero attached hydrogens (tertiary/aromatic N) is 1. The van der Waals surface area contributed by atoms with Crippen LogP contribution in [0.25, 0.3) is 0 Å². The van der Waals surface area contributed by atoms with Crippen LogP contribution < -0.4 is 5.32 Å². The van der Waals surface area contributed by atoms with Gasteiger partial charge in [-0.15, -0.1) is 0 Å². The fourth-order valence-corrected chi connectivity index (χ4v) is 4.21. The maximum absolute atomic E-state index is 10.7. The molecule has 3 fully saturated rings. The molecule has 2 N–H and O–H groups in total. The quantitative estimate of drug-likeness (QED) is 0.821. The Labute approximate surface area is 117 Å². The van der Waals surface area contributed by atoms with Crippen molar-refractivity contribution in [3.63, 3.8) is 0 Å². The van der Waals surface area contributed by atoms with Gasteiger partial charge in [-0.1, -0.05) is 13.8 Å². The summed E-state index contributed by atoms with van der Waals surface area (Å²) in [5, 5.41) is 14.4. The van der Waals surface area contributed by atoms with Gasteiger partial charge in [0.05, 0.1) is 5.60 Å². The van der Waals surface area contributed by atoms with Gasteiger partial charge in [0.1, 0.15) is 0 Å². The summed E-state index contributed by atoms with van der Waals surface area (Å²) in [7, 11) is 0. The average molecular weight is 266 g/mol. The van der Waals surface area contributed by atoms with Crippen molar-refractivity contribution in [2.75, 3.05) is 19.6 Å². The van der Waals surface area contributed by atoms with Gasteiger partial charge in [0.2, 0.25) is 0 Å². The van der Waals surface area contributed by atoms with Crippen molar-refractivity contribution in [3.8, 4) is 0 Å². The summed E-state index contributed by atoms with van der Waals surface area (Å²) in [5.41, 5.74) is -0.0105. The lowest BCUT2D eigenvalue weighted by Gasteiger charge is -2.41. The van der Waals surface area contributed by atoms with Gasteiger partial charge in [-0.3, -0.25) is 4.90 Å². The zero-order valence-electron chi connectivity index (χ0n) is 12.6. The molecule has 0 amide bonds. The first kappa shape index (κ1) is 13.8. The lowest BCUT2D eigenvalue weighted by Crippen LogP contribution is -2.50. The Balaban J connectivity index is 1.49. The van der Waals surface area contributed by atoms with E-state index >= 15 is 0 Å². The molecular formula is C16H30N2O. The fraction of sp³-hybridized carbons (Fsp3) is 1.00. The van der Waals surface area contributed by atoms with E-state index in [-0.39, 0.29) is 0 Å². The van der Waals surface area contributed by atoms with Crippen LogP contribution in [0.2, 0.25) is 0 Å². The Morgan fingerprint density at radius 1 is 1.11 bits per heavy atom. The molecule has 1 aliphatic carbocycles. The zero-order valence-corrected chi connectivity index (χ0v) is 12.6. The summed E-state index contributed by atoms with van der Waals surface area (Å²) in [5.74, 6) is 0. The van der Waals surface area contributed by atoms with Gasteiger partial charge in [0, 0.05) is 25.2 Å². The predicted molar refractivity (Wildman–Crippen MR) is 78.2 cm³/mol. The molecule has 2 unspecified atom stereocenters. The standard InChI is InChI=1S/C16H30N2O/c1-15(2)6-8-16(19,9-7-15)12-17-13-5-11-18-10-3-4-14(13)18/h13-14,17,19H,3-12H2,1-2H3. The molecule has 110 valence electrons. The molecule has 3 aliphatic rings. The second-order valence-corrected chi connectivity index (χ2v) is 7.91. The molecule has 0 bridgehead atoms. The van der Waals surface area contributed by atoms with Crippen LogP contribution in [-0.4, -0.2) is 47.3 Å². The monoisotopic (exact) mass is 266 g/mol. The van der Waals surface area contributed by atoms with Crippen molar-refractivity contribution in [1.82, 2.24) is 10.2 Å². The minimum atomic E-state index is -0.443. The maximum Gasteiger partial charge on any atom is 0.0772 e. The highest BCUT2D eigenvalue weighted by Crippen LogP contribution is 2.40. The van der Waals surface area contributed by atoms with Crippen LogP contribution in [-0.2, 0) is 0 Å². The Bertz CT molecular complexity index is 319. The van der Waals surface area contributed by atoms with Crippen LogP contribution in [0, 0.1) is 5.41 Å². The normalized spacial score (nSPS) is 37.4. The second-order valence-electron chi connectivity index (χ2n) is 7.91. The number of hydrogen-bond acceptors (Lipinski definition) is 3. The summed E-state index contributed by atoms with van der Waals surface area (Å²) in [6.07, 6.45) is 8.23. The second kappa shape index (κ2) is 5.01. The molecular weight excluding hydrogens is 236 g/mol. The molecule has 3 nitrogen and oxygen atoms in total. The van der Waals surface area contributed by atoms with Gasteiger partial charge >= 0.3 is 0 Å². The highest BCUT2D eigenvalue weighted by molar-refractivity contribution is 4.98. The van der Waals surface area contributed by atoms with Gasteiger partial charge in [0.25, 0.3) is 0 Å². The van der Waals surface area contributed by atoms with Gasteiger partial charge < -0.3 is 10.4 Å². The third-order valence-electron chi connectivity index (χ3n) is 5.83. The summed E-state index contributed by atoms with van der Waals surface area (Å²) in [6.45, 7) is 8.01. The SMILES string of the molecule is CC1(C)CCC(O)(CNC2CCN3CCCC23)CC1. The van der Waals surface area contributed by atoms with Gasteiger partial charge in [-0.2, -0.15) is 0 Å². The lowest BCUT2D eigenvalue weighted by atomic mass is 9.71. The molecule has 2 saturated heterocycles. The number of rotatable bonds is 3. The van der Waals surface area contributed by atoms with E-state index in [0.717, 1.165) is 38.3 Å². The number of aliphatic hydroxyl groups is 1. The van der Waals surface area contributed by atoms with Crippen molar-refractivity contribution in [2.24, 2.45) is 5.41 Å². The average Bonchev–Trinajstić information content (AvgIpc) is 2.94. The summed E-state index contributed by atoms with van der Waals surface area (Å²) in [4.78, 5) is 2.63. The smallest absolute Gasteiger partial charge is 0.0772 e. The van der Waals surface area contributed by atoms with Crippen LogP contribution in [0.4, 0.5) is 0 Å². The first-order valence-corrected chi connectivity index (χ1v) is 8.17. The van der Waals surface area contributed by atoms with Crippen LogP contribution in [0.3, 0.4) is 0 Å². The molecule has 19 heavy (non-hydrogen) atoms. The summed E-state index contributed by atoms with van der Waals surface area (Å²) < 4.78 is 0. The Morgan fingerprint density at radius 2 is 1.84 bits per heavy atom. The zero-order chi connectivity index (χ0) is 13.5. The number of fused-ring (bicyclic) bond motifs is 1. The molecule has 0 spiro atoms. The predicted octanol–water partition coefficient (Wildman–Crippen LogP) is 2.14. The molecule has 2 aliphatic heterocycles. The third-order valence-corrected chi connectivity index (χ3v) is 5.83. The topological polar surface area (TPSA) is 35.5 Å². The van der Waals surface area contributed by atoms with Crippen LogP contribution in [0.15, 0.2) is 0 Å². The van der Waals surface area contributed by atoms with Gasteiger partial charge in [0.15, 0.2) is 0 Å². The van der Waals surface area contributed by atoms with Crippen molar-refractivity contribution in [2.45, 2.75) is 76.5 Å². The molecule has 0 radical (unpaired) electrons. The minimum absolute atomic E-state index is 0.432. The van der Waals surface area contributed by atoms with E-state index in [1.165, 1.54) is 32.4 Å². The van der Waals surface area contributed by atoms with E-state index in [1.807, 2.05) is 0 Å². The Hall–Kier alpha value is -0.120. The molecule has 2 atom stereocenters. The summed E-state index contributed by atoms with van der Waals surface area (Å²) >= 11 is 0. The van der Waals surface area contributed by atoms with Crippen LogP contribution >= 0.6 is 0 Å². The Morgan fingerprint density at radius 3 is 2.58 bits per heavy atom. The van der Waals surface area contributed by atoms with E-state index < -0.39 is 5.60 Å². The summed E-state index contributed by atoms with van der Waals surface area (Å²) in [6, 6.07) is 1.38. The molecule has 3 heteroatoms. The van der Waals surface area contributed by atoms with Crippen LogP contribution in [0.1, 0.15) is 58.8 Å². The number of nitrogens with one attached hydrogen (secondary N) is 1. The third kappa shape index (κ3) is 2.98. The molecule has 2 heterocycles. The Kier molecular flexibility index (Phi) is 3.65. The van der Waals surface area contributed by atoms with Crippen molar-refractivity contribution in [1.29, 1.82) is 0 Å². The van der Waals surface area contributed by atoms with E-state index in [2.05, 4.69) is 24.1 Å². The fourth-order valence-electron chi connectivity index (χ4n) is 4.21. The lowest BCUT2D eigenvalue weighted by molar-refractivity contribution is -0.0265. The molecule has 0 aromatic rings. The maximum atomic E-state index is 10.7. The van der Waals surface area contributed by atoms with Gasteiger partial charge in [-0.05, 0) is 56.9 Å². The van der Waals surface area contributed by atoms with Gasteiger partial charge in [-0.25, -0.2) is 0 Å². The van der Waals surface area contributed by atoms with E-state index in [0.29, 0.717) is 11.5 Å². The van der Waals surface area contributed by atoms with E-state index in [1.54, 1.807) is 0 Å². The van der Waals surface area contributed by atoms with E-state index in [9.17, 15) is 5.11 Å². The minimum Gasteiger partial charge on any atom is -0.389 e. The first-order valence-electron chi connectivity index (χ1n) is 8.17. The van der Waals surface area contributed by atoms with E-state index in [4.69, 9.17) is 0 Å². The highest BCUT2D eigenvalue weighted by atomic mass is 16.3. The molecule has 1 saturated carbocycles. The van der Waals surface area contributed by atoms with Crippen LogP contribution in [0.5, 0.6) is 0 Å². The largest absolute Gasteiger partial charge is 0.389 e. The number of hydrogen-bond donors (Lipinski definition) is 2. The van der Waals surface area contributed by atoms with Crippen molar-refractivity contribution in [3.05, 3.63) is 0 Å². The first-order chi connectivity index (χ1) is 8.98.